The second-order valence-electron chi connectivity index (χ2n) is 5.22. The van der Waals surface area contributed by atoms with Gasteiger partial charge in [0.05, 0.1) is 0 Å². The van der Waals surface area contributed by atoms with E-state index in [2.05, 4.69) is 34.6 Å². The van der Waals surface area contributed by atoms with Crippen LogP contribution in [0.4, 0.5) is 0 Å². The molecule has 0 amide bonds. The highest BCUT2D eigenvalue weighted by atomic mass is 16.3. The van der Waals surface area contributed by atoms with Crippen molar-refractivity contribution in [2.45, 2.75) is 59.8 Å². The molecule has 0 bridgehead atoms. The number of phenols is 1. The van der Waals surface area contributed by atoms with Gasteiger partial charge in [-0.1, -0.05) is 65.7 Å². The summed E-state index contributed by atoms with van der Waals surface area (Å²) in [6, 6.07) is 5.88. The molecular formula is C15H26O. The van der Waals surface area contributed by atoms with Gasteiger partial charge in [-0.2, -0.15) is 0 Å². The van der Waals surface area contributed by atoms with Crippen molar-refractivity contribution in [2.24, 2.45) is 0 Å². The average Bonchev–Trinajstić information content (AvgIpc) is 2.21. The largest absolute Gasteiger partial charge is 0.507 e. The molecule has 1 rings (SSSR count). The number of hydrogen-bond donors (Lipinski definition) is 1. The number of aryl methyl sites for hydroxylation is 1. The Hall–Kier alpha value is -0.980. The first-order chi connectivity index (χ1) is 7.34. The lowest BCUT2D eigenvalue weighted by Crippen LogP contribution is -2.11. The van der Waals surface area contributed by atoms with Gasteiger partial charge in [-0.25, -0.2) is 0 Å². The third-order valence-electron chi connectivity index (χ3n) is 2.55. The SMILES string of the molecule is CCCC.Cc1cccc(C(C)(C)C)c1O. The van der Waals surface area contributed by atoms with E-state index in [1.807, 2.05) is 25.1 Å². The van der Waals surface area contributed by atoms with Crippen molar-refractivity contribution in [2.75, 3.05) is 0 Å². The van der Waals surface area contributed by atoms with Crippen LogP contribution < -0.4 is 0 Å². The highest BCUT2D eigenvalue weighted by Crippen LogP contribution is 2.32. The molecule has 1 heteroatoms. The van der Waals surface area contributed by atoms with Gasteiger partial charge >= 0.3 is 0 Å². The van der Waals surface area contributed by atoms with Crippen LogP contribution >= 0.6 is 0 Å². The van der Waals surface area contributed by atoms with Crippen molar-refractivity contribution >= 4 is 0 Å². The zero-order valence-electron chi connectivity index (χ0n) is 11.6. The molecule has 1 aromatic rings. The number of rotatable bonds is 1. The maximum atomic E-state index is 9.73. The average molecular weight is 222 g/mol. The minimum Gasteiger partial charge on any atom is -0.507 e. The third kappa shape index (κ3) is 4.69. The molecule has 0 unspecified atom stereocenters. The molecule has 0 radical (unpaired) electrons. The molecule has 0 aliphatic carbocycles. The monoisotopic (exact) mass is 222 g/mol. The molecule has 0 fully saturated rings. The van der Waals surface area contributed by atoms with Crippen molar-refractivity contribution in [1.29, 1.82) is 0 Å². The molecule has 0 spiro atoms. The van der Waals surface area contributed by atoms with Gasteiger partial charge in [0.2, 0.25) is 0 Å². The van der Waals surface area contributed by atoms with Gasteiger partial charge in [0.1, 0.15) is 5.75 Å². The highest BCUT2D eigenvalue weighted by molar-refractivity contribution is 5.43. The predicted octanol–water partition coefficient (Wildman–Crippen LogP) is 4.80. The van der Waals surface area contributed by atoms with Gasteiger partial charge in [0.25, 0.3) is 0 Å². The summed E-state index contributed by atoms with van der Waals surface area (Å²) in [5, 5.41) is 9.73. The van der Waals surface area contributed by atoms with Gasteiger partial charge in [-0.15, -0.1) is 0 Å². The van der Waals surface area contributed by atoms with Gasteiger partial charge < -0.3 is 5.11 Å². The van der Waals surface area contributed by atoms with Crippen LogP contribution in [0.1, 0.15) is 58.6 Å². The van der Waals surface area contributed by atoms with Crippen LogP contribution in [-0.2, 0) is 5.41 Å². The van der Waals surface area contributed by atoms with Gasteiger partial charge in [0, 0.05) is 0 Å². The normalized spacial score (nSPS) is 10.6. The van der Waals surface area contributed by atoms with Gasteiger partial charge in [-0.3, -0.25) is 0 Å². The van der Waals surface area contributed by atoms with Crippen LogP contribution in [0.3, 0.4) is 0 Å². The van der Waals surface area contributed by atoms with Crippen molar-refractivity contribution in [3.05, 3.63) is 29.3 Å². The molecule has 0 saturated heterocycles. The molecule has 1 aromatic carbocycles. The van der Waals surface area contributed by atoms with Crippen LogP contribution in [0.5, 0.6) is 5.75 Å². The minimum absolute atomic E-state index is 0.0239. The minimum atomic E-state index is 0.0239. The maximum Gasteiger partial charge on any atom is 0.122 e. The molecule has 0 aromatic heterocycles. The van der Waals surface area contributed by atoms with E-state index in [0.717, 1.165) is 11.1 Å². The van der Waals surface area contributed by atoms with E-state index in [1.54, 1.807) is 0 Å². The fraction of sp³-hybridized carbons (Fsp3) is 0.600. The smallest absolute Gasteiger partial charge is 0.122 e. The molecule has 1 N–H and O–H groups in total. The molecule has 0 saturated carbocycles. The van der Waals surface area contributed by atoms with Gasteiger partial charge in [-0.05, 0) is 23.5 Å². The summed E-state index contributed by atoms with van der Waals surface area (Å²) < 4.78 is 0. The van der Waals surface area contributed by atoms with Crippen molar-refractivity contribution < 1.29 is 5.11 Å². The second kappa shape index (κ2) is 6.57. The number of para-hydroxylation sites is 1. The lowest BCUT2D eigenvalue weighted by atomic mass is 9.85. The molecule has 16 heavy (non-hydrogen) atoms. The van der Waals surface area contributed by atoms with Crippen molar-refractivity contribution in [1.82, 2.24) is 0 Å². The van der Waals surface area contributed by atoms with Crippen LogP contribution in [0.2, 0.25) is 0 Å². The van der Waals surface area contributed by atoms with E-state index in [0.29, 0.717) is 5.75 Å². The summed E-state index contributed by atoms with van der Waals surface area (Å²) in [6.45, 7) is 12.6. The van der Waals surface area contributed by atoms with Crippen LogP contribution in [-0.4, -0.2) is 5.11 Å². The Labute approximate surface area is 101 Å². The van der Waals surface area contributed by atoms with E-state index in [1.165, 1.54) is 12.8 Å². The second-order valence-corrected chi connectivity index (χ2v) is 5.22. The topological polar surface area (TPSA) is 20.2 Å². The van der Waals surface area contributed by atoms with Crippen LogP contribution in [0, 0.1) is 6.92 Å². The maximum absolute atomic E-state index is 9.73. The first kappa shape index (κ1) is 15.0. The number of unbranched alkanes of at least 4 members (excludes halogenated alkanes) is 1. The summed E-state index contributed by atoms with van der Waals surface area (Å²) in [5.74, 6) is 0.435. The number of hydrogen-bond acceptors (Lipinski definition) is 1. The molecule has 0 atom stereocenters. The Kier molecular flexibility index (Phi) is 6.17. The summed E-state index contributed by atoms with van der Waals surface area (Å²) in [4.78, 5) is 0. The van der Waals surface area contributed by atoms with E-state index >= 15 is 0 Å². The van der Waals surface area contributed by atoms with E-state index in [-0.39, 0.29) is 5.41 Å². The zero-order valence-corrected chi connectivity index (χ0v) is 11.6. The Balaban J connectivity index is 0.000000487. The standard InChI is InChI=1S/C11H16O.C4H10/c1-8-6-5-7-9(10(8)12)11(2,3)4;1-3-4-2/h5-7,12H,1-4H3;3-4H2,1-2H3. The summed E-state index contributed by atoms with van der Waals surface area (Å²) >= 11 is 0. The lowest BCUT2D eigenvalue weighted by Gasteiger charge is -2.20. The summed E-state index contributed by atoms with van der Waals surface area (Å²) in [6.07, 6.45) is 2.64. The first-order valence-electron chi connectivity index (χ1n) is 6.13. The number of benzene rings is 1. The molecule has 0 aliphatic rings. The molecular weight excluding hydrogens is 196 g/mol. The third-order valence-corrected chi connectivity index (χ3v) is 2.55. The van der Waals surface area contributed by atoms with E-state index in [4.69, 9.17) is 0 Å². The first-order valence-corrected chi connectivity index (χ1v) is 6.13. The zero-order chi connectivity index (χ0) is 12.8. The fourth-order valence-corrected chi connectivity index (χ4v) is 1.26. The Bertz CT molecular complexity index is 306. The summed E-state index contributed by atoms with van der Waals surface area (Å²) in [7, 11) is 0. The molecule has 1 nitrogen and oxygen atoms in total. The molecule has 0 aliphatic heterocycles. The Morgan fingerprint density at radius 3 is 1.88 bits per heavy atom. The predicted molar refractivity (Wildman–Crippen MR) is 72.1 cm³/mol. The van der Waals surface area contributed by atoms with Crippen LogP contribution in [0.25, 0.3) is 0 Å². The van der Waals surface area contributed by atoms with Crippen LogP contribution in [0.15, 0.2) is 18.2 Å². The molecule has 0 heterocycles. The number of phenolic OH excluding ortho intramolecular Hbond substituents is 1. The van der Waals surface area contributed by atoms with Gasteiger partial charge in [0.15, 0.2) is 0 Å². The summed E-state index contributed by atoms with van der Waals surface area (Å²) in [5.41, 5.74) is 1.99. The quantitative estimate of drug-likeness (QED) is 0.723. The Morgan fingerprint density at radius 2 is 1.56 bits per heavy atom. The van der Waals surface area contributed by atoms with Crippen molar-refractivity contribution in [3.8, 4) is 5.75 Å². The highest BCUT2D eigenvalue weighted by Gasteiger charge is 2.18. The Morgan fingerprint density at radius 1 is 1.06 bits per heavy atom. The fourth-order valence-electron chi connectivity index (χ4n) is 1.26. The van der Waals surface area contributed by atoms with Crippen molar-refractivity contribution in [3.63, 3.8) is 0 Å². The molecule has 92 valence electrons. The van der Waals surface area contributed by atoms with E-state index < -0.39 is 0 Å². The van der Waals surface area contributed by atoms with E-state index in [9.17, 15) is 5.11 Å². The number of aromatic hydroxyl groups is 1. The lowest BCUT2D eigenvalue weighted by molar-refractivity contribution is 0.443.